The predicted molar refractivity (Wildman–Crippen MR) is 92.2 cm³/mol. The van der Waals surface area contributed by atoms with Crippen LogP contribution in [0.15, 0.2) is 18.2 Å². The van der Waals surface area contributed by atoms with Crippen LogP contribution in [0.5, 0.6) is 0 Å². The van der Waals surface area contributed by atoms with Crippen molar-refractivity contribution in [3.8, 4) is 0 Å². The van der Waals surface area contributed by atoms with E-state index in [1.54, 1.807) is 7.05 Å². The van der Waals surface area contributed by atoms with Gasteiger partial charge in [0.2, 0.25) is 0 Å². The summed E-state index contributed by atoms with van der Waals surface area (Å²) in [6.07, 6.45) is 4.91. The second kappa shape index (κ2) is 5.92. The number of hydrogen-bond acceptors (Lipinski definition) is 4. The standard InChI is InChI=1S/C18H23N5O/c1-11-4-3-5-14(16(11)18(24)19-2)20-10-15-21-22-17(12-6-7-12)23(15)13-8-9-13/h3-5,12-13,20H,6-10H2,1-2H3,(H,19,24). The minimum absolute atomic E-state index is 0.0714. The highest BCUT2D eigenvalue weighted by Crippen LogP contribution is 2.44. The second-order valence-corrected chi connectivity index (χ2v) is 6.78. The molecule has 24 heavy (non-hydrogen) atoms. The fraction of sp³-hybridized carbons (Fsp3) is 0.500. The largest absolute Gasteiger partial charge is 0.377 e. The molecule has 1 heterocycles. The predicted octanol–water partition coefficient (Wildman–Crippen LogP) is 2.77. The van der Waals surface area contributed by atoms with E-state index in [0.29, 0.717) is 24.1 Å². The van der Waals surface area contributed by atoms with Crippen LogP contribution in [0.25, 0.3) is 0 Å². The first-order chi connectivity index (χ1) is 11.7. The molecular formula is C18H23N5O. The first-order valence-corrected chi connectivity index (χ1v) is 8.68. The van der Waals surface area contributed by atoms with Crippen molar-refractivity contribution in [2.24, 2.45) is 0 Å². The molecule has 2 fully saturated rings. The van der Waals surface area contributed by atoms with Crippen LogP contribution < -0.4 is 10.6 Å². The van der Waals surface area contributed by atoms with Crippen molar-refractivity contribution >= 4 is 11.6 Å². The quantitative estimate of drug-likeness (QED) is 0.856. The number of rotatable bonds is 6. The van der Waals surface area contributed by atoms with Crippen molar-refractivity contribution in [3.63, 3.8) is 0 Å². The number of aromatic nitrogens is 3. The van der Waals surface area contributed by atoms with Gasteiger partial charge in [0, 0.05) is 24.7 Å². The Bertz CT molecular complexity index is 774. The third kappa shape index (κ3) is 2.77. The molecule has 0 atom stereocenters. The SMILES string of the molecule is CNC(=O)c1c(C)cccc1NCc1nnc(C2CC2)n1C1CC1. The average molecular weight is 325 g/mol. The topological polar surface area (TPSA) is 71.8 Å². The van der Waals surface area contributed by atoms with E-state index in [9.17, 15) is 4.79 Å². The highest BCUT2D eigenvalue weighted by molar-refractivity contribution is 6.00. The third-order valence-corrected chi connectivity index (χ3v) is 4.81. The minimum Gasteiger partial charge on any atom is -0.377 e. The maximum Gasteiger partial charge on any atom is 0.253 e. The van der Waals surface area contributed by atoms with Gasteiger partial charge in [-0.3, -0.25) is 4.79 Å². The molecule has 2 aliphatic rings. The number of nitrogens with one attached hydrogen (secondary N) is 2. The smallest absolute Gasteiger partial charge is 0.253 e. The van der Waals surface area contributed by atoms with Gasteiger partial charge in [0.15, 0.2) is 5.82 Å². The number of nitrogens with zero attached hydrogens (tertiary/aromatic N) is 3. The van der Waals surface area contributed by atoms with E-state index < -0.39 is 0 Å². The average Bonchev–Trinajstić information content (AvgIpc) is 3.51. The monoisotopic (exact) mass is 325 g/mol. The van der Waals surface area contributed by atoms with Crippen molar-refractivity contribution in [2.75, 3.05) is 12.4 Å². The molecule has 0 bridgehead atoms. The second-order valence-electron chi connectivity index (χ2n) is 6.78. The van der Waals surface area contributed by atoms with Gasteiger partial charge >= 0.3 is 0 Å². The summed E-state index contributed by atoms with van der Waals surface area (Å²) in [6.45, 7) is 2.54. The lowest BCUT2D eigenvalue weighted by Gasteiger charge is -2.14. The van der Waals surface area contributed by atoms with E-state index in [4.69, 9.17) is 0 Å². The van der Waals surface area contributed by atoms with Gasteiger partial charge in [0.25, 0.3) is 5.91 Å². The fourth-order valence-corrected chi connectivity index (χ4v) is 3.22. The van der Waals surface area contributed by atoms with Gasteiger partial charge in [0.05, 0.1) is 12.1 Å². The summed E-state index contributed by atoms with van der Waals surface area (Å²) in [5, 5.41) is 15.0. The molecule has 0 radical (unpaired) electrons. The molecule has 1 aromatic heterocycles. The van der Waals surface area contributed by atoms with Crippen molar-refractivity contribution in [1.29, 1.82) is 0 Å². The zero-order valence-electron chi connectivity index (χ0n) is 14.2. The molecule has 2 aromatic rings. The number of carbonyl (C=O) groups excluding carboxylic acids is 1. The van der Waals surface area contributed by atoms with Crippen LogP contribution in [0, 0.1) is 6.92 Å². The van der Waals surface area contributed by atoms with Gasteiger partial charge in [-0.1, -0.05) is 12.1 Å². The highest BCUT2D eigenvalue weighted by Gasteiger charge is 2.36. The van der Waals surface area contributed by atoms with Crippen LogP contribution in [0.2, 0.25) is 0 Å². The van der Waals surface area contributed by atoms with E-state index in [1.807, 2.05) is 25.1 Å². The third-order valence-electron chi connectivity index (χ3n) is 4.81. The maximum atomic E-state index is 12.2. The molecule has 2 saturated carbocycles. The molecule has 0 spiro atoms. The minimum atomic E-state index is -0.0714. The van der Waals surface area contributed by atoms with Gasteiger partial charge in [-0.2, -0.15) is 0 Å². The lowest BCUT2D eigenvalue weighted by Crippen LogP contribution is -2.21. The molecule has 2 aliphatic carbocycles. The molecule has 0 saturated heterocycles. The summed E-state index contributed by atoms with van der Waals surface area (Å²) in [4.78, 5) is 12.2. The Hall–Kier alpha value is -2.37. The van der Waals surface area contributed by atoms with Gasteiger partial charge in [-0.15, -0.1) is 10.2 Å². The lowest BCUT2D eigenvalue weighted by molar-refractivity contribution is 0.0963. The summed E-state index contributed by atoms with van der Waals surface area (Å²) in [5.41, 5.74) is 2.49. The molecule has 1 amide bonds. The van der Waals surface area contributed by atoms with Crippen molar-refractivity contribution in [1.82, 2.24) is 20.1 Å². The number of hydrogen-bond donors (Lipinski definition) is 2. The van der Waals surface area contributed by atoms with E-state index in [1.165, 1.54) is 25.7 Å². The van der Waals surface area contributed by atoms with Gasteiger partial charge in [-0.05, 0) is 44.2 Å². The summed E-state index contributed by atoms with van der Waals surface area (Å²) in [5.74, 6) is 2.67. The van der Waals surface area contributed by atoms with Crippen LogP contribution in [0.4, 0.5) is 5.69 Å². The van der Waals surface area contributed by atoms with Crippen LogP contribution in [0.3, 0.4) is 0 Å². The van der Waals surface area contributed by atoms with Gasteiger partial charge < -0.3 is 15.2 Å². The maximum absolute atomic E-state index is 12.2. The molecule has 0 unspecified atom stereocenters. The highest BCUT2D eigenvalue weighted by atomic mass is 16.1. The van der Waals surface area contributed by atoms with Crippen molar-refractivity contribution in [2.45, 2.75) is 51.1 Å². The number of aryl methyl sites for hydroxylation is 1. The van der Waals surface area contributed by atoms with Gasteiger partial charge in [-0.25, -0.2) is 0 Å². The van der Waals surface area contributed by atoms with Crippen LogP contribution in [-0.2, 0) is 6.54 Å². The Balaban J connectivity index is 1.58. The van der Waals surface area contributed by atoms with Gasteiger partial charge in [0.1, 0.15) is 5.82 Å². The Morgan fingerprint density at radius 2 is 2.04 bits per heavy atom. The summed E-state index contributed by atoms with van der Waals surface area (Å²) in [6, 6.07) is 6.43. The zero-order valence-corrected chi connectivity index (χ0v) is 14.2. The molecule has 1 aromatic carbocycles. The number of anilines is 1. The first kappa shape index (κ1) is 15.2. The Kier molecular flexibility index (Phi) is 3.75. The zero-order chi connectivity index (χ0) is 16.7. The van der Waals surface area contributed by atoms with Crippen LogP contribution in [0.1, 0.15) is 65.2 Å². The number of benzene rings is 1. The van der Waals surface area contributed by atoms with E-state index in [2.05, 4.69) is 25.4 Å². The van der Waals surface area contributed by atoms with Crippen molar-refractivity contribution < 1.29 is 4.79 Å². The Morgan fingerprint density at radius 1 is 1.25 bits per heavy atom. The number of amides is 1. The summed E-state index contributed by atoms with van der Waals surface area (Å²) >= 11 is 0. The van der Waals surface area contributed by atoms with Crippen LogP contribution in [-0.4, -0.2) is 27.7 Å². The summed E-state index contributed by atoms with van der Waals surface area (Å²) in [7, 11) is 1.66. The number of carbonyl (C=O) groups is 1. The molecule has 6 heteroatoms. The van der Waals surface area contributed by atoms with E-state index in [-0.39, 0.29) is 5.91 Å². The molecule has 0 aliphatic heterocycles. The normalized spacial score (nSPS) is 16.9. The first-order valence-electron chi connectivity index (χ1n) is 8.68. The lowest BCUT2D eigenvalue weighted by atomic mass is 10.1. The van der Waals surface area contributed by atoms with E-state index >= 15 is 0 Å². The molecule has 2 N–H and O–H groups in total. The summed E-state index contributed by atoms with van der Waals surface area (Å²) < 4.78 is 2.33. The molecule has 6 nitrogen and oxygen atoms in total. The molecule has 126 valence electrons. The van der Waals surface area contributed by atoms with E-state index in [0.717, 1.165) is 22.9 Å². The van der Waals surface area contributed by atoms with Crippen LogP contribution >= 0.6 is 0 Å². The molecular weight excluding hydrogens is 302 g/mol. The fourth-order valence-electron chi connectivity index (χ4n) is 3.22. The molecule has 4 rings (SSSR count). The Labute approximate surface area is 141 Å². The Morgan fingerprint density at radius 3 is 2.71 bits per heavy atom. The van der Waals surface area contributed by atoms with Crippen molar-refractivity contribution in [3.05, 3.63) is 41.0 Å².